The van der Waals surface area contributed by atoms with Crippen LogP contribution in [0.4, 0.5) is 4.79 Å². The molecule has 3 N–H and O–H groups in total. The predicted molar refractivity (Wildman–Crippen MR) is 82.7 cm³/mol. The van der Waals surface area contributed by atoms with E-state index < -0.39 is 17.6 Å². The number of ether oxygens (including phenoxy) is 1. The second kappa shape index (κ2) is 7.81. The first kappa shape index (κ1) is 17.1. The van der Waals surface area contributed by atoms with E-state index in [1.165, 1.54) is 6.42 Å². The third-order valence-corrected chi connectivity index (χ3v) is 4.83. The minimum absolute atomic E-state index is 0.117. The van der Waals surface area contributed by atoms with E-state index in [4.69, 9.17) is 4.74 Å². The molecule has 1 amide bonds. The number of carboxylic acid groups (broad SMARTS) is 1. The van der Waals surface area contributed by atoms with Gasteiger partial charge in [-0.05, 0) is 45.2 Å². The van der Waals surface area contributed by atoms with Crippen LogP contribution in [-0.2, 0) is 9.53 Å². The molecule has 126 valence electrons. The summed E-state index contributed by atoms with van der Waals surface area (Å²) in [6, 6.07) is 0. The summed E-state index contributed by atoms with van der Waals surface area (Å²) in [5.41, 5.74) is -1.24. The van der Waals surface area contributed by atoms with Crippen LogP contribution < -0.4 is 10.6 Å². The van der Waals surface area contributed by atoms with E-state index in [1.807, 2.05) is 0 Å². The normalized spacial score (nSPS) is 23.5. The van der Waals surface area contributed by atoms with Crippen molar-refractivity contribution in [2.45, 2.75) is 69.9 Å². The van der Waals surface area contributed by atoms with Crippen molar-refractivity contribution >= 4 is 12.1 Å². The molecule has 1 aliphatic carbocycles. The van der Waals surface area contributed by atoms with Gasteiger partial charge in [0.25, 0.3) is 0 Å². The van der Waals surface area contributed by atoms with E-state index in [1.54, 1.807) is 6.92 Å². The second-order valence-electron chi connectivity index (χ2n) is 6.83. The average Bonchev–Trinajstić information content (AvgIpc) is 2.48. The summed E-state index contributed by atoms with van der Waals surface area (Å²) in [7, 11) is 0. The number of carbonyl (C=O) groups is 2. The number of hydrogen-bond donors (Lipinski definition) is 3. The first-order valence-corrected chi connectivity index (χ1v) is 8.42. The maximum Gasteiger partial charge on any atom is 0.408 e. The van der Waals surface area contributed by atoms with Crippen LogP contribution in [-0.4, -0.2) is 41.9 Å². The van der Waals surface area contributed by atoms with Gasteiger partial charge in [0.05, 0.1) is 0 Å². The number of nitrogens with one attached hydrogen (secondary N) is 2. The fourth-order valence-corrected chi connectivity index (χ4v) is 3.48. The van der Waals surface area contributed by atoms with Crippen molar-refractivity contribution in [3.05, 3.63) is 0 Å². The number of carboxylic acids is 1. The zero-order valence-corrected chi connectivity index (χ0v) is 13.4. The van der Waals surface area contributed by atoms with Crippen molar-refractivity contribution < 1.29 is 19.4 Å². The lowest BCUT2D eigenvalue weighted by molar-refractivity contribution is -0.145. The molecule has 1 heterocycles. The third-order valence-electron chi connectivity index (χ3n) is 4.83. The molecule has 0 radical (unpaired) electrons. The lowest BCUT2D eigenvalue weighted by atomic mass is 9.80. The highest BCUT2D eigenvalue weighted by Gasteiger charge is 2.38. The van der Waals surface area contributed by atoms with Crippen molar-refractivity contribution in [2.24, 2.45) is 5.92 Å². The lowest BCUT2D eigenvalue weighted by Gasteiger charge is -2.33. The topological polar surface area (TPSA) is 87.7 Å². The van der Waals surface area contributed by atoms with Gasteiger partial charge in [0.15, 0.2) is 0 Å². The molecule has 6 nitrogen and oxygen atoms in total. The summed E-state index contributed by atoms with van der Waals surface area (Å²) < 4.78 is 5.37. The Kier molecular flexibility index (Phi) is 6.06. The standard InChI is InChI=1S/C16H28N2O4/c1-16(14(19)20,11-12-5-3-2-4-6-12)18-15(21)22-13-7-9-17-10-8-13/h12-13,17H,2-11H2,1H3,(H,18,21)(H,19,20)/t16-/m0/s1. The van der Waals surface area contributed by atoms with Crippen molar-refractivity contribution in [3.8, 4) is 0 Å². The van der Waals surface area contributed by atoms with Gasteiger partial charge in [0.1, 0.15) is 11.6 Å². The number of aliphatic carboxylic acids is 1. The zero-order chi connectivity index (χ0) is 16.0. The Hall–Kier alpha value is -1.30. The van der Waals surface area contributed by atoms with E-state index in [2.05, 4.69) is 10.6 Å². The number of hydrogen-bond acceptors (Lipinski definition) is 4. The van der Waals surface area contributed by atoms with Crippen molar-refractivity contribution in [1.82, 2.24) is 10.6 Å². The highest BCUT2D eigenvalue weighted by atomic mass is 16.6. The van der Waals surface area contributed by atoms with E-state index in [-0.39, 0.29) is 6.10 Å². The Morgan fingerprint density at radius 1 is 1.18 bits per heavy atom. The highest BCUT2D eigenvalue weighted by molar-refractivity contribution is 5.83. The molecule has 2 aliphatic rings. The van der Waals surface area contributed by atoms with E-state index in [0.29, 0.717) is 12.3 Å². The number of amides is 1. The first-order valence-electron chi connectivity index (χ1n) is 8.42. The Balaban J connectivity index is 1.88. The van der Waals surface area contributed by atoms with Gasteiger partial charge in [-0.25, -0.2) is 9.59 Å². The molecule has 0 bridgehead atoms. The minimum atomic E-state index is -1.24. The van der Waals surface area contributed by atoms with Crippen LogP contribution in [0, 0.1) is 5.92 Å². The Morgan fingerprint density at radius 3 is 2.41 bits per heavy atom. The average molecular weight is 312 g/mol. The smallest absolute Gasteiger partial charge is 0.408 e. The third kappa shape index (κ3) is 4.87. The maximum atomic E-state index is 12.1. The maximum absolute atomic E-state index is 12.1. The summed E-state index contributed by atoms with van der Waals surface area (Å²) in [6.45, 7) is 3.25. The second-order valence-corrected chi connectivity index (χ2v) is 6.83. The molecule has 2 rings (SSSR count). The summed E-state index contributed by atoms with van der Waals surface area (Å²) in [5.74, 6) is -0.616. The molecule has 0 aromatic carbocycles. The molecule has 1 aliphatic heterocycles. The van der Waals surface area contributed by atoms with Crippen LogP contribution in [0.1, 0.15) is 58.3 Å². The molecule has 0 aromatic rings. The van der Waals surface area contributed by atoms with Crippen LogP contribution in [0.15, 0.2) is 0 Å². The van der Waals surface area contributed by atoms with Gasteiger partial charge in [-0.2, -0.15) is 0 Å². The highest BCUT2D eigenvalue weighted by Crippen LogP contribution is 2.31. The number of alkyl carbamates (subject to hydrolysis) is 1. The molecule has 1 atom stereocenters. The molecular formula is C16H28N2O4. The first-order chi connectivity index (χ1) is 10.5. The Labute approximate surface area is 132 Å². The van der Waals surface area contributed by atoms with Gasteiger partial charge < -0.3 is 20.5 Å². The molecule has 2 fully saturated rings. The summed E-state index contributed by atoms with van der Waals surface area (Å²) in [6.07, 6.45) is 6.94. The minimum Gasteiger partial charge on any atom is -0.480 e. The van der Waals surface area contributed by atoms with E-state index >= 15 is 0 Å². The molecular weight excluding hydrogens is 284 g/mol. The fourth-order valence-electron chi connectivity index (χ4n) is 3.48. The number of piperidine rings is 1. The van der Waals surface area contributed by atoms with Crippen molar-refractivity contribution in [3.63, 3.8) is 0 Å². The van der Waals surface area contributed by atoms with Crippen LogP contribution in [0.25, 0.3) is 0 Å². The monoisotopic (exact) mass is 312 g/mol. The molecule has 0 spiro atoms. The summed E-state index contributed by atoms with van der Waals surface area (Å²) in [5, 5.41) is 15.3. The Morgan fingerprint density at radius 2 is 1.82 bits per heavy atom. The lowest BCUT2D eigenvalue weighted by Crippen LogP contribution is -2.54. The predicted octanol–water partition coefficient (Wildman–Crippen LogP) is 2.28. The van der Waals surface area contributed by atoms with Crippen LogP contribution in [0.2, 0.25) is 0 Å². The van der Waals surface area contributed by atoms with Gasteiger partial charge >= 0.3 is 12.1 Å². The van der Waals surface area contributed by atoms with Gasteiger partial charge in [-0.1, -0.05) is 32.1 Å². The van der Waals surface area contributed by atoms with E-state index in [0.717, 1.165) is 51.6 Å². The van der Waals surface area contributed by atoms with Crippen LogP contribution >= 0.6 is 0 Å². The SMILES string of the molecule is C[C@@](CC1CCCCC1)(NC(=O)OC1CCNCC1)C(=O)O. The molecule has 22 heavy (non-hydrogen) atoms. The van der Waals surface area contributed by atoms with Gasteiger partial charge in [-0.3, -0.25) is 0 Å². The summed E-state index contributed by atoms with van der Waals surface area (Å²) >= 11 is 0. The number of rotatable bonds is 5. The zero-order valence-electron chi connectivity index (χ0n) is 13.4. The summed E-state index contributed by atoms with van der Waals surface area (Å²) in [4.78, 5) is 23.7. The largest absolute Gasteiger partial charge is 0.480 e. The molecule has 6 heteroatoms. The molecule has 0 aromatic heterocycles. The van der Waals surface area contributed by atoms with Crippen LogP contribution in [0.5, 0.6) is 0 Å². The number of carbonyl (C=O) groups excluding carboxylic acids is 1. The van der Waals surface area contributed by atoms with Gasteiger partial charge in [0.2, 0.25) is 0 Å². The van der Waals surface area contributed by atoms with Gasteiger partial charge in [-0.15, -0.1) is 0 Å². The van der Waals surface area contributed by atoms with E-state index in [9.17, 15) is 14.7 Å². The molecule has 1 saturated carbocycles. The van der Waals surface area contributed by atoms with Gasteiger partial charge in [0, 0.05) is 0 Å². The fraction of sp³-hybridized carbons (Fsp3) is 0.875. The van der Waals surface area contributed by atoms with Crippen LogP contribution in [0.3, 0.4) is 0 Å². The Bertz CT molecular complexity index is 390. The van der Waals surface area contributed by atoms with Crippen molar-refractivity contribution in [1.29, 1.82) is 0 Å². The molecule has 1 saturated heterocycles. The quantitative estimate of drug-likeness (QED) is 0.725. The van der Waals surface area contributed by atoms with Crippen molar-refractivity contribution in [2.75, 3.05) is 13.1 Å². The molecule has 0 unspecified atom stereocenters.